The first-order valence-electron chi connectivity index (χ1n) is 6.91. The van der Waals surface area contributed by atoms with E-state index in [9.17, 15) is 5.26 Å². The van der Waals surface area contributed by atoms with E-state index in [0.29, 0.717) is 6.04 Å². The van der Waals surface area contributed by atoms with Crippen molar-refractivity contribution in [1.82, 2.24) is 4.57 Å². The Hall–Kier alpha value is -1.75. The minimum Gasteiger partial charge on any atom is -0.343 e. The molecule has 1 aromatic carbocycles. The van der Waals surface area contributed by atoms with Gasteiger partial charge in [-0.15, -0.1) is 0 Å². The Balaban J connectivity index is 1.90. The molecule has 90 valence electrons. The van der Waals surface area contributed by atoms with Crippen molar-refractivity contribution in [2.75, 3.05) is 0 Å². The molecular weight excluding hydrogens is 220 g/mol. The fourth-order valence-electron chi connectivity index (χ4n) is 3.00. The molecule has 0 atom stereocenters. The van der Waals surface area contributed by atoms with Crippen molar-refractivity contribution in [2.45, 2.75) is 44.1 Å². The lowest BCUT2D eigenvalue weighted by atomic mass is 9.93. The van der Waals surface area contributed by atoms with Crippen LogP contribution in [0.4, 0.5) is 0 Å². The minimum absolute atomic E-state index is 0.626. The van der Waals surface area contributed by atoms with Crippen LogP contribution in [0.25, 0.3) is 10.9 Å². The number of hydrogen-bond donors (Lipinski definition) is 0. The van der Waals surface area contributed by atoms with Crippen molar-refractivity contribution in [3.05, 3.63) is 35.5 Å². The van der Waals surface area contributed by atoms with Crippen molar-refractivity contribution in [3.63, 3.8) is 0 Å². The van der Waals surface area contributed by atoms with Crippen molar-refractivity contribution < 1.29 is 0 Å². The maximum atomic E-state index is 9.30. The first kappa shape index (κ1) is 10.2. The molecule has 0 spiro atoms. The minimum atomic E-state index is 0.626. The van der Waals surface area contributed by atoms with Gasteiger partial charge < -0.3 is 4.57 Å². The SMILES string of the molecule is N#Cc1cn(C2CCC2)c2ccc(C3CC3)cc12. The van der Waals surface area contributed by atoms with E-state index in [0.717, 1.165) is 16.9 Å². The molecule has 2 saturated carbocycles. The number of hydrogen-bond acceptors (Lipinski definition) is 1. The van der Waals surface area contributed by atoms with Gasteiger partial charge in [-0.3, -0.25) is 0 Å². The second-order valence-corrected chi connectivity index (χ2v) is 5.70. The molecule has 0 amide bonds. The third-order valence-corrected chi connectivity index (χ3v) is 4.49. The molecule has 0 aliphatic heterocycles. The van der Waals surface area contributed by atoms with Crippen LogP contribution >= 0.6 is 0 Å². The van der Waals surface area contributed by atoms with Gasteiger partial charge in [0.1, 0.15) is 6.07 Å². The molecule has 2 nitrogen and oxygen atoms in total. The van der Waals surface area contributed by atoms with E-state index in [4.69, 9.17) is 0 Å². The van der Waals surface area contributed by atoms with Crippen molar-refractivity contribution in [1.29, 1.82) is 5.26 Å². The fourth-order valence-corrected chi connectivity index (χ4v) is 3.00. The smallest absolute Gasteiger partial charge is 0.101 e. The Bertz CT molecular complexity index is 652. The quantitative estimate of drug-likeness (QED) is 0.771. The van der Waals surface area contributed by atoms with Gasteiger partial charge in [0.2, 0.25) is 0 Å². The highest BCUT2D eigenvalue weighted by Gasteiger charge is 2.26. The van der Waals surface area contributed by atoms with Gasteiger partial charge in [-0.2, -0.15) is 5.26 Å². The van der Waals surface area contributed by atoms with Gasteiger partial charge in [0.05, 0.1) is 5.56 Å². The van der Waals surface area contributed by atoms with Crippen LogP contribution in [0.2, 0.25) is 0 Å². The first-order chi connectivity index (χ1) is 8.86. The Kier molecular flexibility index (Phi) is 2.05. The van der Waals surface area contributed by atoms with Crippen molar-refractivity contribution >= 4 is 10.9 Å². The second-order valence-electron chi connectivity index (χ2n) is 5.70. The third kappa shape index (κ3) is 1.40. The summed E-state index contributed by atoms with van der Waals surface area (Å²) in [5, 5.41) is 10.5. The van der Waals surface area contributed by atoms with E-state index < -0.39 is 0 Å². The van der Waals surface area contributed by atoms with Gasteiger partial charge in [-0.05, 0) is 55.7 Å². The molecule has 2 aromatic rings. The summed E-state index contributed by atoms with van der Waals surface area (Å²) in [6.07, 6.45) is 8.54. The third-order valence-electron chi connectivity index (χ3n) is 4.49. The topological polar surface area (TPSA) is 28.7 Å². The van der Waals surface area contributed by atoms with E-state index in [1.165, 1.54) is 43.2 Å². The second kappa shape index (κ2) is 3.62. The Labute approximate surface area is 107 Å². The normalized spacial score (nSPS) is 19.7. The summed E-state index contributed by atoms with van der Waals surface area (Å²) in [6, 6.07) is 9.72. The lowest BCUT2D eigenvalue weighted by Gasteiger charge is -2.28. The van der Waals surface area contributed by atoms with Crippen LogP contribution in [0, 0.1) is 11.3 Å². The number of nitriles is 1. The van der Waals surface area contributed by atoms with E-state index in [1.807, 2.05) is 0 Å². The molecule has 0 saturated heterocycles. The maximum Gasteiger partial charge on any atom is 0.101 e. The van der Waals surface area contributed by atoms with Gasteiger partial charge in [-0.1, -0.05) is 6.07 Å². The van der Waals surface area contributed by atoms with Gasteiger partial charge in [-0.25, -0.2) is 0 Å². The van der Waals surface area contributed by atoms with Gasteiger partial charge in [0, 0.05) is 23.1 Å². The molecule has 0 radical (unpaired) electrons. The average molecular weight is 236 g/mol. The Morgan fingerprint density at radius 1 is 1.17 bits per heavy atom. The molecule has 0 unspecified atom stereocenters. The summed E-state index contributed by atoms with van der Waals surface area (Å²) >= 11 is 0. The van der Waals surface area contributed by atoms with Crippen LogP contribution in [-0.2, 0) is 0 Å². The van der Waals surface area contributed by atoms with Gasteiger partial charge in [0.15, 0.2) is 0 Å². The maximum absolute atomic E-state index is 9.30. The van der Waals surface area contributed by atoms with Crippen LogP contribution in [-0.4, -0.2) is 4.57 Å². The predicted octanol–water partition coefficient (Wildman–Crippen LogP) is 4.12. The predicted molar refractivity (Wildman–Crippen MR) is 71.5 cm³/mol. The highest BCUT2D eigenvalue weighted by atomic mass is 15.0. The Morgan fingerprint density at radius 2 is 2.00 bits per heavy atom. The van der Waals surface area contributed by atoms with Crippen LogP contribution in [0.3, 0.4) is 0 Å². The van der Waals surface area contributed by atoms with Crippen LogP contribution in [0.5, 0.6) is 0 Å². The van der Waals surface area contributed by atoms with E-state index in [1.54, 1.807) is 0 Å². The molecule has 4 rings (SSSR count). The summed E-state index contributed by atoms with van der Waals surface area (Å²) in [5.41, 5.74) is 3.52. The molecule has 2 heteroatoms. The van der Waals surface area contributed by atoms with Gasteiger partial charge >= 0.3 is 0 Å². The molecule has 0 N–H and O–H groups in total. The molecule has 18 heavy (non-hydrogen) atoms. The first-order valence-corrected chi connectivity index (χ1v) is 6.91. The highest BCUT2D eigenvalue weighted by Crippen LogP contribution is 2.42. The number of aromatic nitrogens is 1. The summed E-state index contributed by atoms with van der Waals surface area (Å²) in [4.78, 5) is 0. The summed E-state index contributed by atoms with van der Waals surface area (Å²) in [7, 11) is 0. The zero-order valence-corrected chi connectivity index (χ0v) is 10.4. The molecule has 2 aliphatic carbocycles. The van der Waals surface area contributed by atoms with E-state index in [2.05, 4.69) is 35.0 Å². The fraction of sp³-hybridized carbons (Fsp3) is 0.438. The molecule has 2 aliphatic rings. The van der Waals surface area contributed by atoms with E-state index in [-0.39, 0.29) is 0 Å². The highest BCUT2D eigenvalue weighted by molar-refractivity contribution is 5.87. The molecular formula is C16H16N2. The standard InChI is InChI=1S/C16H16N2/c17-9-13-10-18(14-2-1-3-14)16-7-6-12(8-15(13)16)11-4-5-11/h6-8,10-11,14H,1-5H2. The molecule has 0 bridgehead atoms. The molecule has 1 heterocycles. The van der Waals surface area contributed by atoms with Crippen LogP contribution < -0.4 is 0 Å². The summed E-state index contributed by atoms with van der Waals surface area (Å²) < 4.78 is 2.33. The average Bonchev–Trinajstić information content (AvgIpc) is 3.11. The monoisotopic (exact) mass is 236 g/mol. The van der Waals surface area contributed by atoms with Gasteiger partial charge in [0.25, 0.3) is 0 Å². The van der Waals surface area contributed by atoms with Crippen LogP contribution in [0.1, 0.15) is 55.2 Å². The number of benzene rings is 1. The largest absolute Gasteiger partial charge is 0.343 e. The van der Waals surface area contributed by atoms with Crippen LogP contribution in [0.15, 0.2) is 24.4 Å². The number of nitrogens with zero attached hydrogens (tertiary/aromatic N) is 2. The summed E-state index contributed by atoms with van der Waals surface area (Å²) in [5.74, 6) is 0.757. The number of fused-ring (bicyclic) bond motifs is 1. The number of rotatable bonds is 2. The zero-order chi connectivity index (χ0) is 12.1. The van der Waals surface area contributed by atoms with E-state index >= 15 is 0 Å². The molecule has 1 aromatic heterocycles. The Morgan fingerprint density at radius 3 is 2.61 bits per heavy atom. The summed E-state index contributed by atoms with van der Waals surface area (Å²) in [6.45, 7) is 0. The lowest BCUT2D eigenvalue weighted by Crippen LogP contribution is -2.15. The lowest BCUT2D eigenvalue weighted by molar-refractivity contribution is 0.321. The zero-order valence-electron chi connectivity index (χ0n) is 10.4. The van der Waals surface area contributed by atoms with Crippen molar-refractivity contribution in [3.8, 4) is 6.07 Å². The van der Waals surface area contributed by atoms with Crippen molar-refractivity contribution in [2.24, 2.45) is 0 Å². The molecule has 2 fully saturated rings.